The maximum absolute atomic E-state index is 5.95. The molecule has 3 rings (SSSR count). The normalized spacial score (nSPS) is 26.5. The van der Waals surface area contributed by atoms with Crippen LogP contribution in [-0.2, 0) is 9.31 Å². The van der Waals surface area contributed by atoms with Gasteiger partial charge in [0.15, 0.2) is 0 Å². The smallest absolute Gasteiger partial charge is 0.469 e. The van der Waals surface area contributed by atoms with E-state index in [1.54, 1.807) is 0 Å². The zero-order valence-corrected chi connectivity index (χ0v) is 10.9. The van der Waals surface area contributed by atoms with Crippen LogP contribution in [0, 0.1) is 0 Å². The topological polar surface area (TPSA) is 31.6 Å². The number of rotatable bonds is 2. The van der Waals surface area contributed by atoms with Gasteiger partial charge in [0.1, 0.15) is 11.4 Å². The molecule has 2 fully saturated rings. The van der Waals surface area contributed by atoms with Crippen LogP contribution >= 0.6 is 0 Å². The molecule has 0 N–H and O–H groups in total. The van der Waals surface area contributed by atoms with Gasteiger partial charge in [-0.05, 0) is 52.7 Å². The zero-order chi connectivity index (χ0) is 12.3. The summed E-state index contributed by atoms with van der Waals surface area (Å²) in [5.41, 5.74) is 0.194. The van der Waals surface area contributed by atoms with Gasteiger partial charge in [-0.15, -0.1) is 0 Å². The van der Waals surface area contributed by atoms with E-state index in [0.717, 1.165) is 11.4 Å². The minimum absolute atomic E-state index is 0.301. The Bertz CT molecular complexity index is 416. The number of furan rings is 1. The Morgan fingerprint density at radius 1 is 1.06 bits per heavy atom. The third kappa shape index (κ3) is 1.83. The van der Waals surface area contributed by atoms with E-state index >= 15 is 0 Å². The van der Waals surface area contributed by atoms with Crippen molar-refractivity contribution in [3.05, 3.63) is 17.9 Å². The van der Waals surface area contributed by atoms with Gasteiger partial charge >= 0.3 is 7.12 Å². The van der Waals surface area contributed by atoms with E-state index in [2.05, 4.69) is 33.8 Å². The van der Waals surface area contributed by atoms with Crippen molar-refractivity contribution < 1.29 is 13.7 Å². The van der Waals surface area contributed by atoms with Crippen LogP contribution in [0.15, 0.2) is 16.5 Å². The summed E-state index contributed by atoms with van der Waals surface area (Å²) in [5, 5.41) is 0. The lowest BCUT2D eigenvalue weighted by Crippen LogP contribution is -2.41. The molecular weight excluding hydrogens is 215 g/mol. The molecule has 0 amide bonds. The molecule has 4 heteroatoms. The van der Waals surface area contributed by atoms with E-state index in [9.17, 15) is 0 Å². The molecule has 0 atom stereocenters. The molecule has 17 heavy (non-hydrogen) atoms. The van der Waals surface area contributed by atoms with Gasteiger partial charge in [-0.25, -0.2) is 0 Å². The predicted molar refractivity (Wildman–Crippen MR) is 66.4 cm³/mol. The fourth-order valence-electron chi connectivity index (χ4n) is 2.04. The van der Waals surface area contributed by atoms with Crippen molar-refractivity contribution in [3.63, 3.8) is 0 Å². The first-order valence-corrected chi connectivity index (χ1v) is 6.34. The van der Waals surface area contributed by atoms with E-state index in [0.29, 0.717) is 5.92 Å². The fourth-order valence-corrected chi connectivity index (χ4v) is 2.04. The molecule has 2 aliphatic rings. The summed E-state index contributed by atoms with van der Waals surface area (Å²) < 4.78 is 17.7. The monoisotopic (exact) mass is 234 g/mol. The maximum atomic E-state index is 5.95. The highest BCUT2D eigenvalue weighted by molar-refractivity contribution is 6.60. The van der Waals surface area contributed by atoms with Crippen LogP contribution in [0.2, 0.25) is 0 Å². The molecule has 1 aromatic heterocycles. The van der Waals surface area contributed by atoms with Gasteiger partial charge in [-0.3, -0.25) is 0 Å². The van der Waals surface area contributed by atoms with Crippen molar-refractivity contribution in [2.45, 2.75) is 57.7 Å². The summed E-state index contributed by atoms with van der Waals surface area (Å²) in [7, 11) is -0.368. The van der Waals surface area contributed by atoms with Crippen LogP contribution in [0.3, 0.4) is 0 Å². The summed E-state index contributed by atoms with van der Waals surface area (Å²) in [5.74, 6) is 1.71. The Balaban J connectivity index is 1.81. The minimum atomic E-state index is -0.368. The second-order valence-corrected chi connectivity index (χ2v) is 6.10. The van der Waals surface area contributed by atoms with Crippen molar-refractivity contribution in [1.29, 1.82) is 0 Å². The summed E-state index contributed by atoms with van der Waals surface area (Å²) in [6.45, 7) is 8.21. The SMILES string of the molecule is CC1(C)OB(c2ccc(C3CC3)o2)OC1(C)C. The molecule has 1 aromatic rings. The molecule has 0 radical (unpaired) electrons. The molecule has 2 heterocycles. The van der Waals surface area contributed by atoms with Gasteiger partial charge < -0.3 is 13.7 Å². The highest BCUT2D eigenvalue weighted by Crippen LogP contribution is 2.41. The molecule has 1 aliphatic heterocycles. The van der Waals surface area contributed by atoms with Crippen LogP contribution < -0.4 is 5.66 Å². The van der Waals surface area contributed by atoms with Gasteiger partial charge in [0, 0.05) is 5.92 Å². The van der Waals surface area contributed by atoms with Gasteiger partial charge in [-0.2, -0.15) is 0 Å². The van der Waals surface area contributed by atoms with Crippen molar-refractivity contribution in [2.75, 3.05) is 0 Å². The van der Waals surface area contributed by atoms with E-state index in [4.69, 9.17) is 13.7 Å². The van der Waals surface area contributed by atoms with Crippen molar-refractivity contribution in [2.24, 2.45) is 0 Å². The molecule has 0 aromatic carbocycles. The fraction of sp³-hybridized carbons (Fsp3) is 0.692. The highest BCUT2D eigenvalue weighted by Gasteiger charge is 2.53. The predicted octanol–water partition coefficient (Wildman–Crippen LogP) is 2.46. The summed E-state index contributed by atoms with van der Waals surface area (Å²) in [6.07, 6.45) is 2.49. The van der Waals surface area contributed by atoms with Crippen LogP contribution in [0.4, 0.5) is 0 Å². The standard InChI is InChI=1S/C13H19BO3/c1-12(2)13(3,4)17-14(16-12)11-8-7-10(15-11)9-5-6-9/h7-9H,5-6H2,1-4H3. The Hall–Kier alpha value is -0.735. The van der Waals surface area contributed by atoms with E-state index in [1.165, 1.54) is 12.8 Å². The van der Waals surface area contributed by atoms with E-state index in [1.807, 2.05) is 6.07 Å². The van der Waals surface area contributed by atoms with Gasteiger partial charge in [0.25, 0.3) is 0 Å². The molecule has 0 bridgehead atoms. The Kier molecular flexibility index (Phi) is 2.27. The second kappa shape index (κ2) is 3.39. The quantitative estimate of drug-likeness (QED) is 0.736. The van der Waals surface area contributed by atoms with Crippen molar-refractivity contribution >= 4 is 12.8 Å². The van der Waals surface area contributed by atoms with Crippen LogP contribution in [0.1, 0.15) is 52.2 Å². The first-order chi connectivity index (χ1) is 7.89. The molecule has 1 saturated carbocycles. The molecule has 92 valence electrons. The Labute approximate surface area is 103 Å². The second-order valence-electron chi connectivity index (χ2n) is 6.10. The minimum Gasteiger partial charge on any atom is -0.469 e. The summed E-state index contributed by atoms with van der Waals surface area (Å²) in [6, 6.07) is 4.04. The first-order valence-electron chi connectivity index (χ1n) is 6.34. The van der Waals surface area contributed by atoms with Crippen LogP contribution in [0.25, 0.3) is 0 Å². The zero-order valence-electron chi connectivity index (χ0n) is 10.9. The lowest BCUT2D eigenvalue weighted by Gasteiger charge is -2.32. The van der Waals surface area contributed by atoms with E-state index < -0.39 is 0 Å². The van der Waals surface area contributed by atoms with Crippen molar-refractivity contribution in [3.8, 4) is 0 Å². The molecular formula is C13H19BO3. The average Bonchev–Trinajstić information content (AvgIpc) is 2.89. The third-order valence-electron chi connectivity index (χ3n) is 4.11. The highest BCUT2D eigenvalue weighted by atomic mass is 16.7. The molecule has 0 unspecified atom stereocenters. The maximum Gasteiger partial charge on any atom is 0.532 e. The average molecular weight is 234 g/mol. The number of hydrogen-bond acceptors (Lipinski definition) is 3. The first kappa shape index (κ1) is 11.4. The molecule has 1 saturated heterocycles. The summed E-state index contributed by atoms with van der Waals surface area (Å²) >= 11 is 0. The van der Waals surface area contributed by atoms with Crippen LogP contribution in [0.5, 0.6) is 0 Å². The lowest BCUT2D eigenvalue weighted by atomic mass is 9.86. The third-order valence-corrected chi connectivity index (χ3v) is 4.11. The Morgan fingerprint density at radius 3 is 2.18 bits per heavy atom. The Morgan fingerprint density at radius 2 is 1.65 bits per heavy atom. The van der Waals surface area contributed by atoms with E-state index in [-0.39, 0.29) is 18.3 Å². The lowest BCUT2D eigenvalue weighted by molar-refractivity contribution is 0.00578. The molecule has 0 spiro atoms. The van der Waals surface area contributed by atoms with Gasteiger partial charge in [0.2, 0.25) is 0 Å². The molecule has 3 nitrogen and oxygen atoms in total. The largest absolute Gasteiger partial charge is 0.532 e. The van der Waals surface area contributed by atoms with Gasteiger partial charge in [0.05, 0.1) is 11.2 Å². The number of hydrogen-bond donors (Lipinski definition) is 0. The van der Waals surface area contributed by atoms with Crippen LogP contribution in [-0.4, -0.2) is 18.3 Å². The molecule has 1 aliphatic carbocycles. The van der Waals surface area contributed by atoms with Crippen molar-refractivity contribution in [1.82, 2.24) is 0 Å². The summed E-state index contributed by atoms with van der Waals surface area (Å²) in [4.78, 5) is 0. The van der Waals surface area contributed by atoms with Gasteiger partial charge in [-0.1, -0.05) is 0 Å².